The summed E-state index contributed by atoms with van der Waals surface area (Å²) in [6.07, 6.45) is -0.931. The van der Waals surface area contributed by atoms with Crippen LogP contribution in [0.15, 0.2) is 78.9 Å². The van der Waals surface area contributed by atoms with Gasteiger partial charge in [0.2, 0.25) is 5.91 Å². The number of rotatable bonds is 5. The minimum atomic E-state index is -0.931. The Balaban J connectivity index is 1.63. The second kappa shape index (κ2) is 8.01. The van der Waals surface area contributed by atoms with E-state index in [0.29, 0.717) is 17.2 Å². The van der Waals surface area contributed by atoms with Gasteiger partial charge in [0.15, 0.2) is 6.10 Å². The quantitative estimate of drug-likeness (QED) is 0.575. The maximum atomic E-state index is 13.6. The Labute approximate surface area is 185 Å². The summed E-state index contributed by atoms with van der Waals surface area (Å²) in [5, 5.41) is 1.65. The van der Waals surface area contributed by atoms with Crippen LogP contribution in [0.1, 0.15) is 11.6 Å². The van der Waals surface area contributed by atoms with E-state index in [-0.39, 0.29) is 11.8 Å². The molecule has 0 aromatic heterocycles. The number of carbonyl (C=O) groups is 2. The van der Waals surface area contributed by atoms with E-state index in [4.69, 9.17) is 14.3 Å². The van der Waals surface area contributed by atoms with Gasteiger partial charge in [-0.25, -0.2) is 9.96 Å². The zero-order valence-electron chi connectivity index (χ0n) is 17.7. The molecular weight excluding hydrogens is 408 g/mol. The molecule has 7 nitrogen and oxygen atoms in total. The van der Waals surface area contributed by atoms with Gasteiger partial charge in [0.05, 0.1) is 31.6 Å². The molecule has 0 spiro atoms. The molecule has 0 aliphatic carbocycles. The van der Waals surface area contributed by atoms with E-state index >= 15 is 0 Å². The molecule has 162 valence electrons. The summed E-state index contributed by atoms with van der Waals surface area (Å²) in [6, 6.07) is 23.2. The molecule has 0 radical (unpaired) electrons. The molecule has 0 unspecified atom stereocenters. The van der Waals surface area contributed by atoms with Crippen molar-refractivity contribution in [3.63, 3.8) is 0 Å². The van der Waals surface area contributed by atoms with E-state index in [2.05, 4.69) is 0 Å². The lowest BCUT2D eigenvalue weighted by molar-refractivity contribution is -0.126. The number of carbonyl (C=O) groups excluding carboxylic acids is 2. The van der Waals surface area contributed by atoms with Crippen LogP contribution in [0.3, 0.4) is 0 Å². The van der Waals surface area contributed by atoms with Crippen molar-refractivity contribution in [2.75, 3.05) is 24.2 Å². The fourth-order valence-electron chi connectivity index (χ4n) is 4.42. The first-order valence-corrected chi connectivity index (χ1v) is 10.3. The van der Waals surface area contributed by atoms with Gasteiger partial charge in [-0.05, 0) is 36.4 Å². The molecule has 2 saturated heterocycles. The lowest BCUT2D eigenvalue weighted by Crippen LogP contribution is -2.37. The Bertz CT molecular complexity index is 1150. The lowest BCUT2D eigenvalue weighted by atomic mass is 9.90. The third-order valence-electron chi connectivity index (χ3n) is 5.90. The first-order valence-electron chi connectivity index (χ1n) is 10.3. The van der Waals surface area contributed by atoms with Crippen molar-refractivity contribution in [1.29, 1.82) is 0 Å². The zero-order chi connectivity index (χ0) is 22.2. The van der Waals surface area contributed by atoms with E-state index in [1.54, 1.807) is 49.6 Å². The molecule has 0 bridgehead atoms. The fourth-order valence-corrected chi connectivity index (χ4v) is 4.42. The van der Waals surface area contributed by atoms with Gasteiger partial charge in [0.25, 0.3) is 5.91 Å². The summed E-state index contributed by atoms with van der Waals surface area (Å²) in [7, 11) is 3.15. The van der Waals surface area contributed by atoms with Crippen LogP contribution < -0.4 is 19.4 Å². The molecule has 2 heterocycles. The third kappa shape index (κ3) is 3.09. The maximum Gasteiger partial charge on any atom is 0.266 e. The molecular formula is C25H22N2O5. The van der Waals surface area contributed by atoms with Crippen LogP contribution in [0, 0.1) is 5.92 Å². The number of hydrogen-bond donors (Lipinski definition) is 0. The Morgan fingerprint density at radius 2 is 1.44 bits per heavy atom. The minimum Gasteiger partial charge on any atom is -0.497 e. The average Bonchev–Trinajstić information content (AvgIpc) is 3.35. The maximum absolute atomic E-state index is 13.6. The summed E-state index contributed by atoms with van der Waals surface area (Å²) in [5.41, 5.74) is 2.02. The molecule has 2 aliphatic heterocycles. The summed E-state index contributed by atoms with van der Waals surface area (Å²) in [5.74, 6) is -0.218. The lowest BCUT2D eigenvalue weighted by Gasteiger charge is -2.29. The number of benzene rings is 3. The SMILES string of the molecule is COc1ccc([C@H]2[C@H]3C(=O)N(c4ccccc4)C(=O)[C@@H]3ON2c2ccccc2)c(OC)c1. The molecule has 3 atom stereocenters. The smallest absolute Gasteiger partial charge is 0.266 e. The van der Waals surface area contributed by atoms with Crippen LogP contribution in [0.25, 0.3) is 0 Å². The number of para-hydroxylation sites is 2. The van der Waals surface area contributed by atoms with Crippen LogP contribution >= 0.6 is 0 Å². The van der Waals surface area contributed by atoms with Crippen molar-refractivity contribution < 1.29 is 23.9 Å². The molecule has 5 rings (SSSR count). The molecule has 0 N–H and O–H groups in total. The molecule has 3 aromatic rings. The number of methoxy groups -OCH3 is 2. The monoisotopic (exact) mass is 430 g/mol. The normalized spacial score (nSPS) is 22.2. The predicted octanol–water partition coefficient (Wildman–Crippen LogP) is 3.75. The number of fused-ring (bicyclic) bond motifs is 1. The summed E-state index contributed by atoms with van der Waals surface area (Å²) < 4.78 is 11.0. The number of ether oxygens (including phenoxy) is 2. The largest absolute Gasteiger partial charge is 0.497 e. The zero-order valence-corrected chi connectivity index (χ0v) is 17.7. The Morgan fingerprint density at radius 3 is 2.06 bits per heavy atom. The van der Waals surface area contributed by atoms with Gasteiger partial charge in [0, 0.05) is 11.6 Å². The predicted molar refractivity (Wildman–Crippen MR) is 119 cm³/mol. The van der Waals surface area contributed by atoms with Crippen LogP contribution in [-0.2, 0) is 14.4 Å². The molecule has 2 aliphatic rings. The fraction of sp³-hybridized carbons (Fsp3) is 0.200. The topological polar surface area (TPSA) is 68.3 Å². The summed E-state index contributed by atoms with van der Waals surface area (Å²) >= 11 is 0. The standard InChI is InChI=1S/C25H22N2O5/c1-30-18-13-14-19(20(15-18)31-2)22-21-23(32-27(22)17-11-7-4-8-12-17)25(29)26(24(21)28)16-9-5-3-6-10-16/h3-15,21-23H,1-2H3/t21-,22+,23-/m1/s1. The highest BCUT2D eigenvalue weighted by Gasteiger charge is 2.60. The van der Waals surface area contributed by atoms with E-state index in [1.807, 2.05) is 48.5 Å². The first-order chi connectivity index (χ1) is 15.6. The van der Waals surface area contributed by atoms with E-state index in [0.717, 1.165) is 11.3 Å². The van der Waals surface area contributed by atoms with Crippen molar-refractivity contribution in [2.45, 2.75) is 12.1 Å². The van der Waals surface area contributed by atoms with Gasteiger partial charge < -0.3 is 9.47 Å². The molecule has 32 heavy (non-hydrogen) atoms. The van der Waals surface area contributed by atoms with Crippen molar-refractivity contribution in [2.24, 2.45) is 5.92 Å². The Hall–Kier alpha value is -3.84. The van der Waals surface area contributed by atoms with E-state index in [1.165, 1.54) is 4.90 Å². The Morgan fingerprint density at radius 1 is 0.781 bits per heavy atom. The number of hydrogen-bond acceptors (Lipinski definition) is 6. The van der Waals surface area contributed by atoms with E-state index in [9.17, 15) is 9.59 Å². The number of anilines is 2. The number of hydroxylamine groups is 1. The Kier molecular flexibility index (Phi) is 5.03. The van der Waals surface area contributed by atoms with Crippen LogP contribution in [0.4, 0.5) is 11.4 Å². The third-order valence-corrected chi connectivity index (χ3v) is 5.90. The molecule has 2 amide bonds. The highest BCUT2D eigenvalue weighted by Crippen LogP contribution is 2.49. The van der Waals surface area contributed by atoms with Crippen LogP contribution in [0.5, 0.6) is 11.5 Å². The second-order valence-electron chi connectivity index (χ2n) is 7.61. The molecule has 7 heteroatoms. The minimum absolute atomic E-state index is 0.299. The number of nitrogens with zero attached hydrogens (tertiary/aromatic N) is 2. The van der Waals surface area contributed by atoms with Gasteiger partial charge in [-0.3, -0.25) is 14.4 Å². The van der Waals surface area contributed by atoms with Gasteiger partial charge in [-0.2, -0.15) is 0 Å². The number of amides is 2. The second-order valence-corrected chi connectivity index (χ2v) is 7.61. The van der Waals surface area contributed by atoms with Crippen molar-refractivity contribution >= 4 is 23.2 Å². The average molecular weight is 430 g/mol. The van der Waals surface area contributed by atoms with Crippen molar-refractivity contribution in [1.82, 2.24) is 0 Å². The molecule has 2 fully saturated rings. The molecule has 0 saturated carbocycles. The van der Waals surface area contributed by atoms with Gasteiger partial charge in [0.1, 0.15) is 17.4 Å². The van der Waals surface area contributed by atoms with E-state index < -0.39 is 18.1 Å². The van der Waals surface area contributed by atoms with Gasteiger partial charge in [-0.15, -0.1) is 0 Å². The van der Waals surface area contributed by atoms with Crippen molar-refractivity contribution in [3.8, 4) is 11.5 Å². The highest BCUT2D eigenvalue weighted by molar-refractivity contribution is 6.23. The number of imide groups is 1. The van der Waals surface area contributed by atoms with Crippen molar-refractivity contribution in [3.05, 3.63) is 84.4 Å². The van der Waals surface area contributed by atoms with Gasteiger partial charge in [-0.1, -0.05) is 36.4 Å². The molecule has 3 aromatic carbocycles. The highest BCUT2D eigenvalue weighted by atomic mass is 16.7. The van der Waals surface area contributed by atoms with Gasteiger partial charge >= 0.3 is 0 Å². The van der Waals surface area contributed by atoms with Crippen LogP contribution in [-0.4, -0.2) is 32.1 Å². The first kappa shape index (κ1) is 20.1. The summed E-state index contributed by atoms with van der Waals surface area (Å²) in [6.45, 7) is 0. The summed E-state index contributed by atoms with van der Waals surface area (Å²) in [4.78, 5) is 34.3. The van der Waals surface area contributed by atoms with Crippen LogP contribution in [0.2, 0.25) is 0 Å².